The first-order chi connectivity index (χ1) is 18.0. The number of rotatable bonds is 6. The van der Waals surface area contributed by atoms with Crippen LogP contribution in [0.15, 0.2) is 30.6 Å². The van der Waals surface area contributed by atoms with Crippen molar-refractivity contribution in [3.05, 3.63) is 41.7 Å². The molecule has 37 heavy (non-hydrogen) atoms. The largest absolute Gasteiger partial charge is 0.489 e. The zero-order chi connectivity index (χ0) is 25.4. The molecule has 3 fully saturated rings. The highest BCUT2D eigenvalue weighted by Gasteiger charge is 2.44. The lowest BCUT2D eigenvalue weighted by atomic mass is 9.85. The second kappa shape index (κ2) is 10.2. The smallest absolute Gasteiger partial charge is 0.225 e. The average Bonchev–Trinajstić information content (AvgIpc) is 3.30. The molecule has 0 bridgehead atoms. The quantitative estimate of drug-likeness (QED) is 0.549. The van der Waals surface area contributed by atoms with E-state index in [0.717, 1.165) is 106 Å². The minimum Gasteiger partial charge on any atom is -0.489 e. The summed E-state index contributed by atoms with van der Waals surface area (Å²) in [7, 11) is 4.06. The molecule has 1 aromatic heterocycles. The summed E-state index contributed by atoms with van der Waals surface area (Å²) in [4.78, 5) is 30.0. The fraction of sp³-hybridized carbons (Fsp3) is 0.607. The molecule has 5 heterocycles. The standard InChI is InChI=1S/C28H38N6O3/c1-31(2)16-22-12-25-26(13-23(22)18-35)36-20-24-17-32(10-11-34(24)25)15-21-14-28(37-19-21)4-8-33(9-5-28)27-29-6-3-7-30-27/h3,6-7,12-13,18,21,24H,4-5,8-11,14-17,19-20H2,1-2H3. The number of fused-ring (bicyclic) bond motifs is 3. The fourth-order valence-electron chi connectivity index (χ4n) is 6.62. The van der Waals surface area contributed by atoms with Crippen molar-refractivity contribution in [3.8, 4) is 5.75 Å². The van der Waals surface area contributed by atoms with Crippen LogP contribution in [0, 0.1) is 5.92 Å². The zero-order valence-electron chi connectivity index (χ0n) is 22.0. The number of anilines is 2. The van der Waals surface area contributed by atoms with Gasteiger partial charge in [0.1, 0.15) is 12.4 Å². The van der Waals surface area contributed by atoms with Gasteiger partial charge in [0.2, 0.25) is 5.95 Å². The van der Waals surface area contributed by atoms with Gasteiger partial charge in [0.15, 0.2) is 6.29 Å². The van der Waals surface area contributed by atoms with Gasteiger partial charge in [-0.1, -0.05) is 0 Å². The molecule has 3 saturated heterocycles. The Hall–Kier alpha value is -2.75. The first kappa shape index (κ1) is 24.6. The highest BCUT2D eigenvalue weighted by atomic mass is 16.5. The molecule has 2 unspecified atom stereocenters. The normalized spacial score (nSPS) is 25.2. The molecule has 2 aromatic rings. The van der Waals surface area contributed by atoms with Crippen molar-refractivity contribution < 1.29 is 14.3 Å². The van der Waals surface area contributed by atoms with Crippen molar-refractivity contribution in [1.82, 2.24) is 19.8 Å². The number of piperidine rings is 1. The van der Waals surface area contributed by atoms with E-state index in [-0.39, 0.29) is 5.60 Å². The predicted molar refractivity (Wildman–Crippen MR) is 143 cm³/mol. The number of ether oxygens (including phenoxy) is 2. The second-order valence-electron chi connectivity index (χ2n) is 11.4. The van der Waals surface area contributed by atoms with Crippen LogP contribution < -0.4 is 14.5 Å². The van der Waals surface area contributed by atoms with Crippen LogP contribution in [0.5, 0.6) is 5.75 Å². The maximum atomic E-state index is 11.7. The highest BCUT2D eigenvalue weighted by Crippen LogP contribution is 2.41. The number of carbonyl (C=O) groups excluding carboxylic acids is 1. The van der Waals surface area contributed by atoms with Crippen molar-refractivity contribution in [1.29, 1.82) is 0 Å². The maximum absolute atomic E-state index is 11.7. The highest BCUT2D eigenvalue weighted by molar-refractivity contribution is 5.81. The number of piperazine rings is 1. The molecule has 2 atom stereocenters. The number of aromatic nitrogens is 2. The summed E-state index contributed by atoms with van der Waals surface area (Å²) in [6.07, 6.45) is 7.80. The third kappa shape index (κ3) is 5.04. The van der Waals surface area contributed by atoms with E-state index < -0.39 is 0 Å². The van der Waals surface area contributed by atoms with Crippen LogP contribution in [0.3, 0.4) is 0 Å². The molecule has 0 radical (unpaired) electrons. The van der Waals surface area contributed by atoms with Gasteiger partial charge in [-0.25, -0.2) is 9.97 Å². The van der Waals surface area contributed by atoms with Crippen molar-refractivity contribution in [2.75, 3.05) is 76.4 Å². The first-order valence-corrected chi connectivity index (χ1v) is 13.6. The average molecular weight is 507 g/mol. The number of aldehydes is 1. The molecular weight excluding hydrogens is 468 g/mol. The molecule has 6 rings (SSSR count). The number of hydrogen-bond acceptors (Lipinski definition) is 9. The number of carbonyl (C=O) groups is 1. The SMILES string of the molecule is CN(C)Cc1cc2c(cc1C=O)OCC1CN(CC3COC4(CCN(c5ncccn5)CC4)C3)CCN21. The summed E-state index contributed by atoms with van der Waals surface area (Å²) in [6, 6.07) is 6.29. The van der Waals surface area contributed by atoms with Crippen LogP contribution in [0.2, 0.25) is 0 Å². The molecule has 0 N–H and O–H groups in total. The van der Waals surface area contributed by atoms with E-state index in [2.05, 4.69) is 35.6 Å². The fourth-order valence-corrected chi connectivity index (χ4v) is 6.62. The van der Waals surface area contributed by atoms with E-state index in [4.69, 9.17) is 9.47 Å². The molecule has 0 aliphatic carbocycles. The Labute approximate surface area is 219 Å². The van der Waals surface area contributed by atoms with Gasteiger partial charge in [0.25, 0.3) is 0 Å². The van der Waals surface area contributed by atoms with Crippen LogP contribution in [-0.4, -0.2) is 104 Å². The van der Waals surface area contributed by atoms with E-state index in [9.17, 15) is 4.79 Å². The van der Waals surface area contributed by atoms with Crippen molar-refractivity contribution >= 4 is 17.9 Å². The first-order valence-electron chi connectivity index (χ1n) is 13.6. The molecule has 0 amide bonds. The Bertz CT molecular complexity index is 1100. The van der Waals surface area contributed by atoms with Gasteiger partial charge in [0, 0.05) is 63.8 Å². The summed E-state index contributed by atoms with van der Waals surface area (Å²) in [5, 5.41) is 0. The van der Waals surface area contributed by atoms with E-state index >= 15 is 0 Å². The van der Waals surface area contributed by atoms with Crippen molar-refractivity contribution in [2.24, 2.45) is 5.92 Å². The van der Waals surface area contributed by atoms with Gasteiger partial charge in [-0.3, -0.25) is 9.69 Å². The number of nitrogens with zero attached hydrogens (tertiary/aromatic N) is 6. The van der Waals surface area contributed by atoms with Gasteiger partial charge < -0.3 is 24.2 Å². The summed E-state index contributed by atoms with van der Waals surface area (Å²) < 4.78 is 12.6. The van der Waals surface area contributed by atoms with Crippen LogP contribution in [0.4, 0.5) is 11.6 Å². The lowest BCUT2D eigenvalue weighted by Crippen LogP contribution is -2.58. The molecular formula is C28H38N6O3. The maximum Gasteiger partial charge on any atom is 0.225 e. The Morgan fingerprint density at radius 2 is 1.92 bits per heavy atom. The molecule has 1 aromatic carbocycles. The third-order valence-corrected chi connectivity index (χ3v) is 8.45. The summed E-state index contributed by atoms with van der Waals surface area (Å²) in [6.45, 7) is 8.27. The minimum atomic E-state index is 0.0176. The molecule has 4 aliphatic rings. The Balaban J connectivity index is 1.05. The molecule has 198 valence electrons. The molecule has 9 nitrogen and oxygen atoms in total. The van der Waals surface area contributed by atoms with Crippen molar-refractivity contribution in [3.63, 3.8) is 0 Å². The second-order valence-corrected chi connectivity index (χ2v) is 11.4. The minimum absolute atomic E-state index is 0.0176. The molecule has 9 heteroatoms. The molecule has 4 aliphatic heterocycles. The van der Waals surface area contributed by atoms with E-state index in [1.165, 1.54) is 0 Å². The predicted octanol–water partition coefficient (Wildman–Crippen LogP) is 2.31. The van der Waals surface area contributed by atoms with Crippen LogP contribution in [-0.2, 0) is 11.3 Å². The zero-order valence-corrected chi connectivity index (χ0v) is 22.0. The van der Waals surface area contributed by atoms with Gasteiger partial charge >= 0.3 is 0 Å². The van der Waals surface area contributed by atoms with Crippen LogP contribution in [0.25, 0.3) is 0 Å². The Kier molecular flexibility index (Phi) is 6.77. The summed E-state index contributed by atoms with van der Waals surface area (Å²) in [5.74, 6) is 2.25. The van der Waals surface area contributed by atoms with E-state index in [0.29, 0.717) is 18.6 Å². The van der Waals surface area contributed by atoms with E-state index in [1.807, 2.05) is 38.6 Å². The van der Waals surface area contributed by atoms with Gasteiger partial charge in [-0.05, 0) is 63.0 Å². The lowest BCUT2D eigenvalue weighted by Gasteiger charge is -2.46. The Morgan fingerprint density at radius 1 is 1.11 bits per heavy atom. The third-order valence-electron chi connectivity index (χ3n) is 8.45. The lowest BCUT2D eigenvalue weighted by molar-refractivity contribution is -0.0157. The summed E-state index contributed by atoms with van der Waals surface area (Å²) in [5.41, 5.74) is 2.94. The Morgan fingerprint density at radius 3 is 2.68 bits per heavy atom. The van der Waals surface area contributed by atoms with Crippen molar-refractivity contribution in [2.45, 2.75) is 37.5 Å². The molecule has 0 saturated carbocycles. The topological polar surface area (TPSA) is 74.3 Å². The van der Waals surface area contributed by atoms with Crippen LogP contribution in [0.1, 0.15) is 35.2 Å². The van der Waals surface area contributed by atoms with E-state index in [1.54, 1.807) is 0 Å². The van der Waals surface area contributed by atoms with Gasteiger partial charge in [-0.2, -0.15) is 0 Å². The van der Waals surface area contributed by atoms with Gasteiger partial charge in [-0.15, -0.1) is 0 Å². The van der Waals surface area contributed by atoms with Crippen LogP contribution >= 0.6 is 0 Å². The molecule has 1 spiro atoms. The number of hydrogen-bond donors (Lipinski definition) is 0. The van der Waals surface area contributed by atoms with Gasteiger partial charge in [0.05, 0.1) is 23.9 Å². The monoisotopic (exact) mass is 506 g/mol. The number of benzene rings is 1. The summed E-state index contributed by atoms with van der Waals surface area (Å²) >= 11 is 0.